The van der Waals surface area contributed by atoms with Crippen molar-refractivity contribution in [1.29, 1.82) is 0 Å². The zero-order chi connectivity index (χ0) is 13.5. The number of halogens is 2. The molecule has 1 rings (SSSR count). The predicted octanol–water partition coefficient (Wildman–Crippen LogP) is 3.22. The lowest BCUT2D eigenvalue weighted by Gasteiger charge is -2.10. The normalized spacial score (nSPS) is 10.2. The van der Waals surface area contributed by atoms with Crippen molar-refractivity contribution in [3.63, 3.8) is 0 Å². The van der Waals surface area contributed by atoms with Crippen molar-refractivity contribution in [2.45, 2.75) is 26.7 Å². The number of benzene rings is 1. The Bertz CT molecular complexity index is 424. The van der Waals surface area contributed by atoms with E-state index in [0.29, 0.717) is 11.0 Å². The van der Waals surface area contributed by atoms with Crippen LogP contribution < -0.4 is 10.6 Å². The Labute approximate surface area is 115 Å². The van der Waals surface area contributed by atoms with E-state index in [9.17, 15) is 9.18 Å². The van der Waals surface area contributed by atoms with Crippen molar-refractivity contribution < 1.29 is 9.18 Å². The van der Waals surface area contributed by atoms with Crippen LogP contribution in [0.25, 0.3) is 0 Å². The molecule has 0 heterocycles. The second-order valence-electron chi connectivity index (χ2n) is 4.14. The van der Waals surface area contributed by atoms with Crippen molar-refractivity contribution in [3.05, 3.63) is 28.0 Å². The summed E-state index contributed by atoms with van der Waals surface area (Å²) < 4.78 is 13.6. The van der Waals surface area contributed by atoms with E-state index in [2.05, 4.69) is 33.5 Å². The quantitative estimate of drug-likeness (QED) is 0.791. The minimum Gasteiger partial charge on any atom is -0.376 e. The van der Waals surface area contributed by atoms with Gasteiger partial charge in [0.15, 0.2) is 0 Å². The summed E-state index contributed by atoms with van der Waals surface area (Å²) in [7, 11) is 0. The van der Waals surface area contributed by atoms with Gasteiger partial charge in [-0.05, 0) is 47.0 Å². The molecule has 0 spiro atoms. The summed E-state index contributed by atoms with van der Waals surface area (Å²) in [4.78, 5) is 11.5. The van der Waals surface area contributed by atoms with Gasteiger partial charge < -0.3 is 10.6 Å². The van der Waals surface area contributed by atoms with Gasteiger partial charge in [0.2, 0.25) is 5.91 Å². The molecule has 0 aromatic heterocycles. The van der Waals surface area contributed by atoms with Gasteiger partial charge in [0.05, 0.1) is 11.0 Å². The Balaban J connectivity index is 2.48. The average Bonchev–Trinajstić information content (AvgIpc) is 2.32. The molecule has 0 aliphatic heterocycles. The minimum atomic E-state index is -0.301. The Morgan fingerprint density at radius 1 is 1.44 bits per heavy atom. The Hall–Kier alpha value is -1.10. The molecule has 1 aromatic carbocycles. The summed E-state index contributed by atoms with van der Waals surface area (Å²) in [6, 6.07) is 3.07. The molecule has 100 valence electrons. The van der Waals surface area contributed by atoms with E-state index in [1.54, 1.807) is 13.0 Å². The van der Waals surface area contributed by atoms with E-state index in [0.717, 1.165) is 24.1 Å². The monoisotopic (exact) mass is 316 g/mol. The molecule has 0 atom stereocenters. The van der Waals surface area contributed by atoms with Gasteiger partial charge in [-0.15, -0.1) is 0 Å². The Morgan fingerprint density at radius 3 is 2.83 bits per heavy atom. The van der Waals surface area contributed by atoms with Crippen LogP contribution in [-0.2, 0) is 4.79 Å². The lowest BCUT2D eigenvalue weighted by atomic mass is 10.2. The van der Waals surface area contributed by atoms with Crippen molar-refractivity contribution in [1.82, 2.24) is 5.32 Å². The fraction of sp³-hybridized carbons (Fsp3) is 0.462. The van der Waals surface area contributed by atoms with Crippen molar-refractivity contribution >= 4 is 27.5 Å². The highest BCUT2D eigenvalue weighted by molar-refractivity contribution is 9.10. The first-order valence-corrected chi connectivity index (χ1v) is 6.80. The molecule has 1 aromatic rings. The summed E-state index contributed by atoms with van der Waals surface area (Å²) in [5.41, 5.74) is 1.53. The maximum absolute atomic E-state index is 13.2. The van der Waals surface area contributed by atoms with Gasteiger partial charge in [0.1, 0.15) is 5.82 Å². The van der Waals surface area contributed by atoms with Gasteiger partial charge in [-0.3, -0.25) is 4.79 Å². The van der Waals surface area contributed by atoms with Crippen molar-refractivity contribution in [2.24, 2.45) is 0 Å². The molecule has 1 amide bonds. The number of amides is 1. The fourth-order valence-corrected chi connectivity index (χ4v) is 1.82. The van der Waals surface area contributed by atoms with Gasteiger partial charge in [0, 0.05) is 12.2 Å². The van der Waals surface area contributed by atoms with Crippen LogP contribution in [0.2, 0.25) is 0 Å². The van der Waals surface area contributed by atoms with E-state index in [4.69, 9.17) is 0 Å². The number of hydrogen-bond donors (Lipinski definition) is 2. The largest absolute Gasteiger partial charge is 0.376 e. The zero-order valence-corrected chi connectivity index (χ0v) is 12.2. The van der Waals surface area contributed by atoms with E-state index in [1.807, 2.05) is 0 Å². The number of carbonyl (C=O) groups is 1. The van der Waals surface area contributed by atoms with Crippen LogP contribution in [0.1, 0.15) is 25.3 Å². The molecule has 3 nitrogen and oxygen atoms in total. The first-order chi connectivity index (χ1) is 8.54. The molecule has 0 saturated heterocycles. The molecule has 18 heavy (non-hydrogen) atoms. The van der Waals surface area contributed by atoms with Gasteiger partial charge in [0.25, 0.3) is 0 Å². The van der Waals surface area contributed by atoms with Gasteiger partial charge >= 0.3 is 0 Å². The molecule has 0 fully saturated rings. The van der Waals surface area contributed by atoms with Crippen molar-refractivity contribution in [3.8, 4) is 0 Å². The maximum atomic E-state index is 13.2. The number of carbonyl (C=O) groups excluding carboxylic acids is 1. The number of hydrogen-bond acceptors (Lipinski definition) is 2. The van der Waals surface area contributed by atoms with E-state index < -0.39 is 0 Å². The number of aryl methyl sites for hydroxylation is 1. The summed E-state index contributed by atoms with van der Waals surface area (Å²) in [5, 5.41) is 5.81. The smallest absolute Gasteiger partial charge is 0.239 e. The van der Waals surface area contributed by atoms with Crippen LogP contribution in [0.15, 0.2) is 16.6 Å². The fourth-order valence-electron chi connectivity index (χ4n) is 1.48. The summed E-state index contributed by atoms with van der Waals surface area (Å²) in [5.74, 6) is -0.353. The second-order valence-corrected chi connectivity index (χ2v) is 4.99. The Morgan fingerprint density at radius 2 is 2.17 bits per heavy atom. The van der Waals surface area contributed by atoms with Gasteiger partial charge in [-0.2, -0.15) is 0 Å². The van der Waals surface area contributed by atoms with Crippen LogP contribution in [0.3, 0.4) is 0 Å². The van der Waals surface area contributed by atoms with E-state index in [1.165, 1.54) is 6.07 Å². The summed E-state index contributed by atoms with van der Waals surface area (Å²) in [6.07, 6.45) is 2.03. The Kier molecular flexibility index (Phi) is 6.12. The SMILES string of the molecule is CCCCNC(=O)CNc1cc(Br)c(F)cc1C. The van der Waals surface area contributed by atoms with Crippen LogP contribution in [0, 0.1) is 12.7 Å². The third-order valence-electron chi connectivity index (χ3n) is 2.56. The molecular formula is C13H18BrFN2O. The number of nitrogens with one attached hydrogen (secondary N) is 2. The van der Waals surface area contributed by atoms with Crippen LogP contribution >= 0.6 is 15.9 Å². The molecule has 5 heteroatoms. The highest BCUT2D eigenvalue weighted by atomic mass is 79.9. The predicted molar refractivity (Wildman–Crippen MR) is 75.2 cm³/mol. The average molecular weight is 317 g/mol. The van der Waals surface area contributed by atoms with Gasteiger partial charge in [-0.25, -0.2) is 4.39 Å². The molecule has 0 bridgehead atoms. The number of unbranched alkanes of at least 4 members (excludes halogenated alkanes) is 1. The molecular weight excluding hydrogens is 299 g/mol. The topological polar surface area (TPSA) is 41.1 Å². The molecule has 0 unspecified atom stereocenters. The second kappa shape index (κ2) is 7.36. The number of rotatable bonds is 6. The third-order valence-corrected chi connectivity index (χ3v) is 3.17. The zero-order valence-electron chi connectivity index (χ0n) is 10.6. The number of anilines is 1. The van der Waals surface area contributed by atoms with Crippen LogP contribution in [-0.4, -0.2) is 19.0 Å². The molecule has 0 saturated carbocycles. The van der Waals surface area contributed by atoms with Crippen molar-refractivity contribution in [2.75, 3.05) is 18.4 Å². The first kappa shape index (κ1) is 15.0. The molecule has 0 aliphatic carbocycles. The lowest BCUT2D eigenvalue weighted by Crippen LogP contribution is -2.30. The highest BCUT2D eigenvalue weighted by Gasteiger charge is 2.06. The third kappa shape index (κ3) is 4.64. The van der Waals surface area contributed by atoms with E-state index in [-0.39, 0.29) is 18.3 Å². The molecule has 0 aliphatic rings. The standard InChI is InChI=1S/C13H18BrFN2O/c1-3-4-5-16-13(18)8-17-12-7-10(14)11(15)6-9(12)2/h6-7,17H,3-5,8H2,1-2H3,(H,16,18). The maximum Gasteiger partial charge on any atom is 0.239 e. The van der Waals surface area contributed by atoms with Gasteiger partial charge in [-0.1, -0.05) is 13.3 Å². The lowest BCUT2D eigenvalue weighted by molar-refractivity contribution is -0.119. The first-order valence-electron chi connectivity index (χ1n) is 6.00. The summed E-state index contributed by atoms with van der Waals surface area (Å²) in [6.45, 7) is 4.77. The van der Waals surface area contributed by atoms with Crippen LogP contribution in [0.5, 0.6) is 0 Å². The summed E-state index contributed by atoms with van der Waals surface area (Å²) >= 11 is 3.12. The minimum absolute atomic E-state index is 0.0525. The molecule has 2 N–H and O–H groups in total. The van der Waals surface area contributed by atoms with E-state index >= 15 is 0 Å². The molecule has 0 radical (unpaired) electrons. The van der Waals surface area contributed by atoms with Crippen LogP contribution in [0.4, 0.5) is 10.1 Å². The highest BCUT2D eigenvalue weighted by Crippen LogP contribution is 2.23.